The fourth-order valence-electron chi connectivity index (χ4n) is 2.25. The molecule has 0 aliphatic heterocycles. The average molecular weight is 316 g/mol. The number of aromatic nitrogens is 3. The van der Waals surface area contributed by atoms with Crippen LogP contribution in [0.25, 0.3) is 16.7 Å². The van der Waals surface area contributed by atoms with Crippen molar-refractivity contribution in [1.29, 1.82) is 0 Å². The van der Waals surface area contributed by atoms with Crippen molar-refractivity contribution in [3.63, 3.8) is 0 Å². The first-order valence-electron chi connectivity index (χ1n) is 6.88. The molecule has 0 fully saturated rings. The molecule has 0 N–H and O–H groups in total. The van der Waals surface area contributed by atoms with Crippen LogP contribution in [0.15, 0.2) is 36.7 Å². The molecular formula is C16H14ClN3O2. The average Bonchev–Trinajstić information content (AvgIpc) is 2.92. The molecule has 0 saturated carbocycles. The van der Waals surface area contributed by atoms with E-state index in [0.29, 0.717) is 16.1 Å². The molecule has 3 rings (SSSR count). The van der Waals surface area contributed by atoms with E-state index in [9.17, 15) is 4.79 Å². The monoisotopic (exact) mass is 315 g/mol. The van der Waals surface area contributed by atoms with E-state index in [2.05, 4.69) is 10.1 Å². The third-order valence-electron chi connectivity index (χ3n) is 3.27. The normalized spacial score (nSPS) is 10.9. The molecule has 1 aromatic carbocycles. The van der Waals surface area contributed by atoms with Crippen LogP contribution < -0.4 is 0 Å². The molecule has 0 atom stereocenters. The van der Waals surface area contributed by atoms with Crippen molar-refractivity contribution in [3.05, 3.63) is 52.8 Å². The van der Waals surface area contributed by atoms with Crippen LogP contribution in [0.2, 0.25) is 5.02 Å². The van der Waals surface area contributed by atoms with Crippen molar-refractivity contribution in [2.24, 2.45) is 0 Å². The largest absolute Gasteiger partial charge is 0.462 e. The van der Waals surface area contributed by atoms with Gasteiger partial charge in [-0.1, -0.05) is 23.7 Å². The molecule has 0 spiro atoms. The van der Waals surface area contributed by atoms with Gasteiger partial charge in [-0.15, -0.1) is 0 Å². The third-order valence-corrected chi connectivity index (χ3v) is 3.68. The first kappa shape index (κ1) is 14.5. The van der Waals surface area contributed by atoms with Gasteiger partial charge in [-0.25, -0.2) is 14.5 Å². The SMILES string of the molecule is CCOC(=O)c1cnc2c(cnn2-c2cccc(C)c2)c1Cl. The van der Waals surface area contributed by atoms with Crippen molar-refractivity contribution in [1.82, 2.24) is 14.8 Å². The molecule has 0 saturated heterocycles. The highest BCUT2D eigenvalue weighted by Gasteiger charge is 2.18. The second-order valence-corrected chi connectivity index (χ2v) is 5.22. The topological polar surface area (TPSA) is 57.0 Å². The highest BCUT2D eigenvalue weighted by atomic mass is 35.5. The number of aryl methyl sites for hydroxylation is 1. The maximum Gasteiger partial charge on any atom is 0.341 e. The van der Waals surface area contributed by atoms with Gasteiger partial charge in [0.25, 0.3) is 0 Å². The van der Waals surface area contributed by atoms with Crippen LogP contribution in [0.1, 0.15) is 22.8 Å². The summed E-state index contributed by atoms with van der Waals surface area (Å²) in [6.45, 7) is 4.04. The Kier molecular flexibility index (Phi) is 3.81. The fraction of sp³-hybridized carbons (Fsp3) is 0.188. The number of esters is 1. The van der Waals surface area contributed by atoms with Crippen molar-refractivity contribution < 1.29 is 9.53 Å². The molecule has 3 aromatic rings. The zero-order valence-corrected chi connectivity index (χ0v) is 13.0. The summed E-state index contributed by atoms with van der Waals surface area (Å²) in [6.07, 6.45) is 3.03. The summed E-state index contributed by atoms with van der Waals surface area (Å²) in [7, 11) is 0. The molecule has 112 valence electrons. The number of halogens is 1. The van der Waals surface area contributed by atoms with Gasteiger partial charge in [0, 0.05) is 6.20 Å². The van der Waals surface area contributed by atoms with Gasteiger partial charge in [-0.05, 0) is 31.5 Å². The van der Waals surface area contributed by atoms with Gasteiger partial charge < -0.3 is 4.74 Å². The first-order chi connectivity index (χ1) is 10.6. The van der Waals surface area contributed by atoms with Crippen LogP contribution in [-0.2, 0) is 4.74 Å². The highest BCUT2D eigenvalue weighted by Crippen LogP contribution is 2.27. The summed E-state index contributed by atoms with van der Waals surface area (Å²) in [5.74, 6) is -0.481. The molecule has 0 aliphatic rings. The van der Waals surface area contributed by atoms with Crippen LogP contribution >= 0.6 is 11.6 Å². The predicted octanol–water partition coefficient (Wildman–Crippen LogP) is 3.56. The van der Waals surface area contributed by atoms with Gasteiger partial charge >= 0.3 is 5.97 Å². The van der Waals surface area contributed by atoms with Gasteiger partial charge in [0.1, 0.15) is 0 Å². The van der Waals surface area contributed by atoms with Gasteiger partial charge in [0.15, 0.2) is 5.65 Å². The van der Waals surface area contributed by atoms with E-state index >= 15 is 0 Å². The second kappa shape index (κ2) is 5.77. The smallest absolute Gasteiger partial charge is 0.341 e. The first-order valence-corrected chi connectivity index (χ1v) is 7.26. The number of ether oxygens (including phenoxy) is 1. The molecule has 2 aromatic heterocycles. The zero-order chi connectivity index (χ0) is 15.7. The minimum absolute atomic E-state index is 0.250. The lowest BCUT2D eigenvalue weighted by Gasteiger charge is -2.06. The number of pyridine rings is 1. The van der Waals surface area contributed by atoms with E-state index in [4.69, 9.17) is 16.3 Å². The number of nitrogens with zero attached hydrogens (tertiary/aromatic N) is 3. The van der Waals surface area contributed by atoms with Crippen LogP contribution in [0.4, 0.5) is 0 Å². The number of benzene rings is 1. The summed E-state index contributed by atoms with van der Waals surface area (Å²) in [5.41, 5.74) is 2.86. The summed E-state index contributed by atoms with van der Waals surface area (Å²) in [6, 6.07) is 7.90. The summed E-state index contributed by atoms with van der Waals surface area (Å²) < 4.78 is 6.67. The maximum atomic E-state index is 11.9. The number of rotatable bonds is 3. The van der Waals surface area contributed by atoms with E-state index in [1.54, 1.807) is 17.8 Å². The van der Waals surface area contributed by atoms with Crippen LogP contribution in [0.3, 0.4) is 0 Å². The van der Waals surface area contributed by atoms with Crippen molar-refractivity contribution in [3.8, 4) is 5.69 Å². The summed E-state index contributed by atoms with van der Waals surface area (Å²) >= 11 is 6.31. The molecule has 5 nitrogen and oxygen atoms in total. The molecule has 6 heteroatoms. The van der Waals surface area contributed by atoms with E-state index < -0.39 is 5.97 Å². The number of carbonyl (C=O) groups is 1. The molecule has 0 amide bonds. The Hall–Kier alpha value is -2.40. The Labute approximate surface area is 132 Å². The summed E-state index contributed by atoms with van der Waals surface area (Å²) in [4.78, 5) is 16.2. The van der Waals surface area contributed by atoms with E-state index in [1.165, 1.54) is 6.20 Å². The Morgan fingerprint density at radius 3 is 2.91 bits per heavy atom. The van der Waals surface area contributed by atoms with Gasteiger partial charge in [0.2, 0.25) is 0 Å². The minimum Gasteiger partial charge on any atom is -0.462 e. The molecule has 0 radical (unpaired) electrons. The zero-order valence-electron chi connectivity index (χ0n) is 12.2. The lowest BCUT2D eigenvalue weighted by atomic mass is 10.2. The van der Waals surface area contributed by atoms with Crippen molar-refractivity contribution in [2.75, 3.05) is 6.61 Å². The number of carbonyl (C=O) groups excluding carboxylic acids is 1. The van der Waals surface area contributed by atoms with Crippen molar-refractivity contribution in [2.45, 2.75) is 13.8 Å². The minimum atomic E-state index is -0.481. The Bertz CT molecular complexity index is 858. The molecule has 0 unspecified atom stereocenters. The van der Waals surface area contributed by atoms with E-state index in [1.807, 2.05) is 31.2 Å². The molecular weight excluding hydrogens is 302 g/mol. The van der Waals surface area contributed by atoms with Gasteiger partial charge in [0.05, 0.1) is 34.5 Å². The Morgan fingerprint density at radius 2 is 2.18 bits per heavy atom. The van der Waals surface area contributed by atoms with Gasteiger partial charge in [-0.3, -0.25) is 0 Å². The third kappa shape index (κ3) is 2.44. The van der Waals surface area contributed by atoms with E-state index in [-0.39, 0.29) is 12.2 Å². The Morgan fingerprint density at radius 1 is 1.36 bits per heavy atom. The quantitative estimate of drug-likeness (QED) is 0.693. The van der Waals surface area contributed by atoms with Gasteiger partial charge in [-0.2, -0.15) is 5.10 Å². The van der Waals surface area contributed by atoms with Crippen molar-refractivity contribution >= 4 is 28.6 Å². The number of fused-ring (bicyclic) bond motifs is 1. The molecule has 22 heavy (non-hydrogen) atoms. The lowest BCUT2D eigenvalue weighted by Crippen LogP contribution is -2.06. The fourth-order valence-corrected chi connectivity index (χ4v) is 2.51. The standard InChI is InChI=1S/C16H14ClN3O2/c1-3-22-16(21)13-8-18-15-12(14(13)17)9-19-20(15)11-6-4-5-10(2)7-11/h4-9H,3H2,1-2H3. The van der Waals surface area contributed by atoms with Crippen LogP contribution in [0, 0.1) is 6.92 Å². The highest BCUT2D eigenvalue weighted by molar-refractivity contribution is 6.38. The predicted molar refractivity (Wildman–Crippen MR) is 84.6 cm³/mol. The molecule has 2 heterocycles. The number of hydrogen-bond acceptors (Lipinski definition) is 4. The second-order valence-electron chi connectivity index (χ2n) is 4.84. The number of hydrogen-bond donors (Lipinski definition) is 0. The van der Waals surface area contributed by atoms with Crippen LogP contribution in [0.5, 0.6) is 0 Å². The summed E-state index contributed by atoms with van der Waals surface area (Å²) in [5, 5.41) is 5.26. The molecule has 0 aliphatic carbocycles. The lowest BCUT2D eigenvalue weighted by molar-refractivity contribution is 0.0526. The van der Waals surface area contributed by atoms with E-state index in [0.717, 1.165) is 11.3 Å². The Balaban J connectivity index is 2.14. The maximum absolute atomic E-state index is 11.9. The van der Waals surface area contributed by atoms with Crippen LogP contribution in [-0.4, -0.2) is 27.3 Å². The molecule has 0 bridgehead atoms.